The molecule has 0 saturated carbocycles. The van der Waals surface area contributed by atoms with Crippen LogP contribution in [0.5, 0.6) is 6.01 Å². The van der Waals surface area contributed by atoms with E-state index in [2.05, 4.69) is 25.8 Å². The number of hydrogen-bond donors (Lipinski definition) is 0. The van der Waals surface area contributed by atoms with Gasteiger partial charge in [-0.05, 0) is 44.7 Å². The molecule has 6 heterocycles. The summed E-state index contributed by atoms with van der Waals surface area (Å²) in [5, 5.41) is 11.0. The van der Waals surface area contributed by atoms with Crippen molar-refractivity contribution in [2.75, 3.05) is 63.9 Å². The van der Waals surface area contributed by atoms with Gasteiger partial charge in [-0.15, -0.1) is 0 Å². The van der Waals surface area contributed by atoms with E-state index in [0.717, 1.165) is 32.5 Å². The summed E-state index contributed by atoms with van der Waals surface area (Å²) in [6.45, 7) is 8.39. The lowest BCUT2D eigenvalue weighted by molar-refractivity contribution is -0.128. The number of pyridine rings is 1. The van der Waals surface area contributed by atoms with Crippen molar-refractivity contribution in [3.05, 3.63) is 66.4 Å². The van der Waals surface area contributed by atoms with Gasteiger partial charge in [-0.1, -0.05) is 36.4 Å². The molecule has 4 fully saturated rings. The summed E-state index contributed by atoms with van der Waals surface area (Å²) in [5.74, 6) is -1.10. The average molecular weight is 755 g/mol. The lowest BCUT2D eigenvalue weighted by atomic mass is 9.95. The molecule has 0 bridgehead atoms. The zero-order chi connectivity index (χ0) is 38.3. The van der Waals surface area contributed by atoms with Crippen molar-refractivity contribution in [1.82, 2.24) is 29.7 Å². The number of amides is 1. The van der Waals surface area contributed by atoms with Crippen LogP contribution in [-0.4, -0.2) is 124 Å². The van der Waals surface area contributed by atoms with Crippen molar-refractivity contribution in [3.8, 4) is 23.3 Å². The van der Waals surface area contributed by atoms with Gasteiger partial charge in [-0.25, -0.2) is 13.2 Å². The van der Waals surface area contributed by atoms with Gasteiger partial charge >= 0.3 is 6.01 Å². The van der Waals surface area contributed by atoms with Gasteiger partial charge < -0.3 is 19.3 Å². The lowest BCUT2D eigenvalue weighted by Crippen LogP contribution is -2.55. The highest BCUT2D eigenvalue weighted by atomic mass is 19.1. The van der Waals surface area contributed by atoms with Gasteiger partial charge in [0.05, 0.1) is 41.7 Å². The minimum atomic E-state index is -0.957. The molecule has 0 unspecified atom stereocenters. The van der Waals surface area contributed by atoms with E-state index in [-0.39, 0.29) is 65.9 Å². The Bertz CT molecular complexity index is 2150. The number of carbonyl (C=O) groups excluding carboxylic acids is 1. The number of fused-ring (bicyclic) bond motifs is 3. The average Bonchev–Trinajstić information content (AvgIpc) is 3.69. The maximum atomic E-state index is 16.9. The van der Waals surface area contributed by atoms with Crippen LogP contribution >= 0.6 is 0 Å². The van der Waals surface area contributed by atoms with E-state index in [9.17, 15) is 14.4 Å². The second kappa shape index (κ2) is 15.4. The van der Waals surface area contributed by atoms with E-state index >= 15 is 8.78 Å². The number of piperazine rings is 1. The third kappa shape index (κ3) is 7.33. The zero-order valence-corrected chi connectivity index (χ0v) is 31.1. The first-order valence-corrected chi connectivity index (χ1v) is 19.1. The normalized spacial score (nSPS) is 26.3. The summed E-state index contributed by atoms with van der Waals surface area (Å²) in [7, 11) is 0. The number of rotatable bonds is 9. The van der Waals surface area contributed by atoms with Crippen LogP contribution < -0.4 is 9.64 Å². The standard InChI is InChI=1S/C41H45F3N8O3/c1-26-21-49(22-27(2)55-26)15-5-11-34(53)52-18-17-50(24-30(52)12-14-45)39-32-20-46-37(31-9-3-7-28-8-4-10-33(43)35(28)31)36(44)38(32)47-40(48-39)54-25-41-13-6-16-51(41)23-29(42)19-41/h3-5,7-11,20,26-27,29-30H,6,12-13,15-19,21-25H2,1-2H3/b11-5+/t26-,27-,29+,30-,41-/m0/s1. The Labute approximate surface area is 318 Å². The summed E-state index contributed by atoms with van der Waals surface area (Å²) >= 11 is 0. The second-order valence-electron chi connectivity index (χ2n) is 15.4. The summed E-state index contributed by atoms with van der Waals surface area (Å²) in [5.41, 5.74) is -0.333. The Morgan fingerprint density at radius 3 is 2.67 bits per heavy atom. The Morgan fingerprint density at radius 1 is 1.07 bits per heavy atom. The minimum absolute atomic E-state index is 0.0565. The van der Waals surface area contributed by atoms with Gasteiger partial charge in [0.2, 0.25) is 5.91 Å². The van der Waals surface area contributed by atoms with Gasteiger partial charge in [0.25, 0.3) is 0 Å². The maximum absolute atomic E-state index is 16.9. The van der Waals surface area contributed by atoms with Gasteiger partial charge in [0.1, 0.15) is 35.6 Å². The Kier molecular flexibility index (Phi) is 10.4. The van der Waals surface area contributed by atoms with E-state index < -0.39 is 29.4 Å². The topological polar surface area (TPSA) is 111 Å². The van der Waals surface area contributed by atoms with E-state index in [0.29, 0.717) is 49.2 Å². The van der Waals surface area contributed by atoms with Crippen LogP contribution in [-0.2, 0) is 9.53 Å². The minimum Gasteiger partial charge on any atom is -0.461 e. The van der Waals surface area contributed by atoms with E-state index in [1.165, 1.54) is 12.3 Å². The fraction of sp³-hybridized carbons (Fsp3) is 0.488. The number of halogens is 3. The molecule has 14 heteroatoms. The van der Waals surface area contributed by atoms with Crippen LogP contribution in [0.3, 0.4) is 0 Å². The zero-order valence-electron chi connectivity index (χ0n) is 31.1. The van der Waals surface area contributed by atoms with Gasteiger partial charge in [-0.2, -0.15) is 15.2 Å². The lowest BCUT2D eigenvalue weighted by Gasteiger charge is -2.41. The van der Waals surface area contributed by atoms with Crippen LogP contribution in [0.15, 0.2) is 54.7 Å². The molecule has 4 aromatic rings. The van der Waals surface area contributed by atoms with Crippen LogP contribution in [0.1, 0.15) is 39.5 Å². The molecule has 0 radical (unpaired) electrons. The van der Waals surface area contributed by atoms with Gasteiger partial charge in [-0.3, -0.25) is 19.6 Å². The molecule has 4 saturated heterocycles. The van der Waals surface area contributed by atoms with E-state index in [1.807, 2.05) is 24.8 Å². The molecule has 4 aliphatic heterocycles. The number of benzene rings is 2. The molecule has 11 nitrogen and oxygen atoms in total. The maximum Gasteiger partial charge on any atom is 0.319 e. The van der Waals surface area contributed by atoms with Gasteiger partial charge in [0.15, 0.2) is 5.82 Å². The molecule has 2 aromatic heterocycles. The monoisotopic (exact) mass is 754 g/mol. The van der Waals surface area contributed by atoms with Crippen LogP contribution in [0.25, 0.3) is 32.9 Å². The third-order valence-corrected chi connectivity index (χ3v) is 11.5. The van der Waals surface area contributed by atoms with Crippen molar-refractivity contribution in [3.63, 3.8) is 0 Å². The smallest absolute Gasteiger partial charge is 0.319 e. The predicted octanol–water partition coefficient (Wildman–Crippen LogP) is 5.67. The van der Waals surface area contributed by atoms with E-state index in [1.54, 1.807) is 41.3 Å². The van der Waals surface area contributed by atoms with Crippen LogP contribution in [0.4, 0.5) is 19.0 Å². The molecule has 0 spiro atoms. The van der Waals surface area contributed by atoms with E-state index in [4.69, 9.17) is 14.5 Å². The highest BCUT2D eigenvalue weighted by molar-refractivity contribution is 5.99. The molecule has 0 N–H and O–H groups in total. The van der Waals surface area contributed by atoms with Gasteiger partial charge in [0, 0.05) is 75.5 Å². The number of carbonyl (C=O) groups is 1. The molecule has 4 aliphatic rings. The molecule has 2 aromatic carbocycles. The van der Waals surface area contributed by atoms with Crippen molar-refractivity contribution < 1.29 is 27.4 Å². The molecular weight excluding hydrogens is 709 g/mol. The first-order chi connectivity index (χ1) is 26.6. The molecule has 5 atom stereocenters. The molecular formula is C41H45F3N8O3. The van der Waals surface area contributed by atoms with Crippen molar-refractivity contribution >= 4 is 33.4 Å². The highest BCUT2D eigenvalue weighted by Gasteiger charge is 2.49. The number of nitriles is 1. The highest BCUT2D eigenvalue weighted by Crippen LogP contribution is 2.41. The fourth-order valence-corrected chi connectivity index (χ4v) is 9.10. The molecule has 1 amide bonds. The van der Waals surface area contributed by atoms with Crippen molar-refractivity contribution in [2.45, 2.75) is 69.5 Å². The van der Waals surface area contributed by atoms with Crippen molar-refractivity contribution in [2.24, 2.45) is 0 Å². The first kappa shape index (κ1) is 37.1. The summed E-state index contributed by atoms with van der Waals surface area (Å²) < 4.78 is 58.8. The number of anilines is 1. The number of alkyl halides is 1. The SMILES string of the molecule is C[C@H]1CN(C/C=C/C(=O)N2CCN(c3nc(OC[C@@]45CCCN4C[C@H](F)C5)nc4c(F)c(-c5cccc6cccc(F)c56)ncc34)C[C@@H]2CC#N)C[C@H](C)O1. The third-order valence-electron chi connectivity index (χ3n) is 11.5. The summed E-state index contributed by atoms with van der Waals surface area (Å²) in [4.78, 5) is 35.4. The number of ether oxygens (including phenoxy) is 2. The molecule has 288 valence electrons. The Balaban J connectivity index is 1.11. The first-order valence-electron chi connectivity index (χ1n) is 19.1. The number of hydrogen-bond acceptors (Lipinski definition) is 10. The van der Waals surface area contributed by atoms with Crippen molar-refractivity contribution in [1.29, 1.82) is 5.26 Å². The number of aromatic nitrogens is 3. The Hall–Kier alpha value is -4.84. The van der Waals surface area contributed by atoms with Crippen LogP contribution in [0, 0.1) is 23.0 Å². The number of morpholine rings is 1. The number of nitrogens with zero attached hydrogens (tertiary/aromatic N) is 8. The predicted molar refractivity (Wildman–Crippen MR) is 202 cm³/mol. The second-order valence-corrected chi connectivity index (χ2v) is 15.4. The molecule has 8 rings (SSSR count). The summed E-state index contributed by atoms with van der Waals surface area (Å²) in [6.07, 6.45) is 6.31. The van der Waals surface area contributed by atoms with Crippen LogP contribution in [0.2, 0.25) is 0 Å². The Morgan fingerprint density at radius 2 is 1.87 bits per heavy atom. The quantitative estimate of drug-likeness (QED) is 0.198. The molecule has 0 aliphatic carbocycles. The largest absolute Gasteiger partial charge is 0.461 e. The summed E-state index contributed by atoms with van der Waals surface area (Å²) in [6, 6.07) is 11.5. The molecule has 55 heavy (non-hydrogen) atoms. The fourth-order valence-electron chi connectivity index (χ4n) is 9.10.